The largest absolute Gasteiger partial charge is 0.460 e. The van der Waals surface area contributed by atoms with Crippen molar-refractivity contribution in [3.05, 3.63) is 42.3 Å². The minimum atomic E-state index is -6.32. The fourth-order valence-corrected chi connectivity index (χ4v) is 1.07. The number of hydrogen-bond donors (Lipinski definition) is 0. The van der Waals surface area contributed by atoms with Gasteiger partial charge in [-0.3, -0.25) is 0 Å². The van der Waals surface area contributed by atoms with E-state index >= 15 is 0 Å². The second-order valence-corrected chi connectivity index (χ2v) is 3.34. The summed E-state index contributed by atoms with van der Waals surface area (Å²) in [5.41, 5.74) is -1.19. The van der Waals surface area contributed by atoms with Crippen molar-refractivity contribution in [3.8, 4) is 0 Å². The smallest absolute Gasteiger partial charge is 0.194 e. The lowest BCUT2D eigenvalue weighted by atomic mass is 10.0. The zero-order valence-corrected chi connectivity index (χ0v) is 8.16. The van der Waals surface area contributed by atoms with E-state index in [4.69, 9.17) is 0 Å². The van der Waals surface area contributed by atoms with Crippen LogP contribution in [0.3, 0.4) is 0 Å². The first kappa shape index (κ1) is 13.8. The maximum atomic E-state index is 13.1. The second kappa shape index (κ2) is 3.89. The van der Waals surface area contributed by atoms with Gasteiger partial charge in [-0.05, 0) is 12.5 Å². The van der Waals surface area contributed by atoms with Crippen LogP contribution in [-0.2, 0) is 5.92 Å². The number of benzene rings is 1. The summed E-state index contributed by atoms with van der Waals surface area (Å²) >= 11 is 0. The van der Waals surface area contributed by atoms with Crippen LogP contribution in [0.25, 0.3) is 0 Å². The molecule has 1 radical (unpaired) electrons. The SMILES string of the molecule is [CH2]c1ccc(C(F)(F)C(F)(F)C(F)(F)F)cc1. The third kappa shape index (κ3) is 2.23. The molecule has 0 nitrogen and oxygen atoms in total. The van der Waals surface area contributed by atoms with Crippen LogP contribution in [0.4, 0.5) is 30.7 Å². The monoisotopic (exact) mass is 259 g/mol. The van der Waals surface area contributed by atoms with Crippen LogP contribution < -0.4 is 0 Å². The minimum Gasteiger partial charge on any atom is -0.194 e. The highest BCUT2D eigenvalue weighted by Gasteiger charge is 2.73. The van der Waals surface area contributed by atoms with Gasteiger partial charge in [-0.15, -0.1) is 0 Å². The zero-order valence-electron chi connectivity index (χ0n) is 8.16. The van der Waals surface area contributed by atoms with Gasteiger partial charge in [0.15, 0.2) is 0 Å². The number of rotatable bonds is 2. The summed E-state index contributed by atoms with van der Waals surface area (Å²) in [7, 11) is 0. The van der Waals surface area contributed by atoms with E-state index in [1.807, 2.05) is 0 Å². The van der Waals surface area contributed by atoms with Gasteiger partial charge in [0, 0.05) is 5.56 Å². The second-order valence-electron chi connectivity index (χ2n) is 3.34. The number of alkyl halides is 7. The van der Waals surface area contributed by atoms with Crippen molar-refractivity contribution in [3.63, 3.8) is 0 Å². The Balaban J connectivity index is 3.23. The summed E-state index contributed by atoms with van der Waals surface area (Å²) in [4.78, 5) is 0. The van der Waals surface area contributed by atoms with Crippen molar-refractivity contribution in [1.82, 2.24) is 0 Å². The summed E-state index contributed by atoms with van der Waals surface area (Å²) in [6, 6.07) is 2.83. The molecule has 95 valence electrons. The van der Waals surface area contributed by atoms with E-state index in [9.17, 15) is 30.7 Å². The lowest BCUT2D eigenvalue weighted by Crippen LogP contribution is -2.49. The summed E-state index contributed by atoms with van der Waals surface area (Å²) in [6.45, 7) is 3.30. The molecule has 17 heavy (non-hydrogen) atoms. The van der Waals surface area contributed by atoms with Crippen LogP contribution in [0, 0.1) is 6.92 Å². The average Bonchev–Trinajstić information content (AvgIpc) is 2.16. The molecule has 7 heteroatoms. The Labute approximate surface area is 92.0 Å². The predicted molar refractivity (Wildman–Crippen MR) is 45.8 cm³/mol. The molecule has 0 fully saturated rings. The van der Waals surface area contributed by atoms with Crippen molar-refractivity contribution in [2.75, 3.05) is 0 Å². The standard InChI is InChI=1S/C10H6F7/c1-6-2-4-7(5-3-6)8(11,12)9(13,14)10(15,16)17/h2-5H,1H2. The molecule has 0 bridgehead atoms. The molecule has 0 N–H and O–H groups in total. The van der Waals surface area contributed by atoms with Crippen molar-refractivity contribution in [2.45, 2.75) is 18.0 Å². The van der Waals surface area contributed by atoms with Gasteiger partial charge in [0.1, 0.15) is 0 Å². The molecule has 0 heterocycles. The topological polar surface area (TPSA) is 0 Å². The molecule has 1 rings (SSSR count). The fourth-order valence-electron chi connectivity index (χ4n) is 1.07. The Morgan fingerprint density at radius 2 is 1.18 bits per heavy atom. The van der Waals surface area contributed by atoms with Gasteiger partial charge >= 0.3 is 18.0 Å². The lowest BCUT2D eigenvalue weighted by Gasteiger charge is -2.28. The van der Waals surface area contributed by atoms with Crippen LogP contribution in [0.15, 0.2) is 24.3 Å². The molecule has 0 aliphatic heterocycles. The summed E-state index contributed by atoms with van der Waals surface area (Å²) in [5.74, 6) is -11.4. The van der Waals surface area contributed by atoms with Gasteiger partial charge in [-0.1, -0.05) is 24.3 Å². The number of hydrogen-bond acceptors (Lipinski definition) is 0. The minimum absolute atomic E-state index is 0.222. The van der Waals surface area contributed by atoms with Crippen LogP contribution in [-0.4, -0.2) is 12.1 Å². The van der Waals surface area contributed by atoms with Gasteiger partial charge in [-0.25, -0.2) is 0 Å². The first-order valence-electron chi connectivity index (χ1n) is 4.25. The van der Waals surface area contributed by atoms with E-state index in [2.05, 4.69) is 6.92 Å². The van der Waals surface area contributed by atoms with Crippen LogP contribution >= 0.6 is 0 Å². The van der Waals surface area contributed by atoms with Gasteiger partial charge in [-0.2, -0.15) is 30.7 Å². The molecule has 1 aromatic rings. The van der Waals surface area contributed by atoms with Crippen LogP contribution in [0.5, 0.6) is 0 Å². The van der Waals surface area contributed by atoms with Crippen molar-refractivity contribution in [1.29, 1.82) is 0 Å². The van der Waals surface area contributed by atoms with Crippen LogP contribution in [0.1, 0.15) is 11.1 Å². The molecule has 0 spiro atoms. The third-order valence-electron chi connectivity index (χ3n) is 2.07. The quantitative estimate of drug-likeness (QED) is 0.699. The molecule has 0 aromatic heterocycles. The van der Waals surface area contributed by atoms with E-state index in [-0.39, 0.29) is 5.56 Å². The highest BCUT2D eigenvalue weighted by atomic mass is 19.4. The van der Waals surface area contributed by atoms with Gasteiger partial charge in [0.2, 0.25) is 0 Å². The Bertz CT molecular complexity index is 388. The molecule has 0 saturated heterocycles. The van der Waals surface area contributed by atoms with Crippen LogP contribution in [0.2, 0.25) is 0 Å². The molecule has 0 unspecified atom stereocenters. The van der Waals surface area contributed by atoms with E-state index in [1.54, 1.807) is 0 Å². The highest BCUT2D eigenvalue weighted by molar-refractivity contribution is 5.29. The maximum absolute atomic E-state index is 13.1. The molecule has 1 aromatic carbocycles. The number of halogens is 7. The molecule has 0 aliphatic rings. The molecular weight excluding hydrogens is 253 g/mol. The Morgan fingerprint density at radius 3 is 1.53 bits per heavy atom. The van der Waals surface area contributed by atoms with Crippen molar-refractivity contribution < 1.29 is 30.7 Å². The summed E-state index contributed by atoms with van der Waals surface area (Å²) in [5, 5.41) is 0. The molecule has 0 aliphatic carbocycles. The van der Waals surface area contributed by atoms with E-state index in [0.29, 0.717) is 12.1 Å². The predicted octanol–water partition coefficient (Wildman–Crippen LogP) is 4.16. The first-order chi connectivity index (χ1) is 7.50. The normalized spacial score (nSPS) is 13.9. The molecule has 0 amide bonds. The van der Waals surface area contributed by atoms with E-state index in [1.165, 1.54) is 0 Å². The summed E-state index contributed by atoms with van der Waals surface area (Å²) in [6.07, 6.45) is -6.32. The van der Waals surface area contributed by atoms with Crippen molar-refractivity contribution in [2.24, 2.45) is 0 Å². The van der Waals surface area contributed by atoms with Gasteiger partial charge in [0.05, 0.1) is 0 Å². The van der Waals surface area contributed by atoms with E-state index < -0.39 is 23.6 Å². The molecule has 0 atom stereocenters. The Kier molecular flexibility index (Phi) is 3.15. The zero-order chi connectivity index (χ0) is 13.5. The maximum Gasteiger partial charge on any atom is 0.460 e. The summed E-state index contributed by atoms with van der Waals surface area (Å²) < 4.78 is 86.9. The van der Waals surface area contributed by atoms with Gasteiger partial charge in [0.25, 0.3) is 0 Å². The van der Waals surface area contributed by atoms with Gasteiger partial charge < -0.3 is 0 Å². The molecular formula is C10H6F7. The van der Waals surface area contributed by atoms with Crippen molar-refractivity contribution >= 4 is 0 Å². The van der Waals surface area contributed by atoms with E-state index in [0.717, 1.165) is 12.1 Å². The molecule has 0 saturated carbocycles. The highest BCUT2D eigenvalue weighted by Crippen LogP contribution is 2.51. The lowest BCUT2D eigenvalue weighted by molar-refractivity contribution is -0.359. The Morgan fingerprint density at radius 1 is 0.765 bits per heavy atom. The first-order valence-corrected chi connectivity index (χ1v) is 4.25. The third-order valence-corrected chi connectivity index (χ3v) is 2.07. The fraction of sp³-hybridized carbons (Fsp3) is 0.300. The average molecular weight is 259 g/mol. The Hall–Kier alpha value is -1.27.